The van der Waals surface area contributed by atoms with Crippen molar-refractivity contribution >= 4 is 5.96 Å². The number of hydrogen-bond donors (Lipinski definition) is 2. The summed E-state index contributed by atoms with van der Waals surface area (Å²) in [6.45, 7) is 6.27. The smallest absolute Gasteiger partial charge is 0.357 e. The second kappa shape index (κ2) is 9.21. The molecule has 0 fully saturated rings. The van der Waals surface area contributed by atoms with Crippen LogP contribution >= 0.6 is 0 Å². The fourth-order valence-corrected chi connectivity index (χ4v) is 2.35. The lowest BCUT2D eigenvalue weighted by Crippen LogP contribution is -2.38. The molecule has 1 aromatic heterocycles. The number of nitrogens with one attached hydrogen (secondary N) is 2. The van der Waals surface area contributed by atoms with Crippen LogP contribution in [0.3, 0.4) is 0 Å². The van der Waals surface area contributed by atoms with E-state index in [2.05, 4.69) is 25.8 Å². The Morgan fingerprint density at radius 2 is 1.88 bits per heavy atom. The van der Waals surface area contributed by atoms with Crippen LogP contribution in [-0.4, -0.2) is 33.8 Å². The van der Waals surface area contributed by atoms with E-state index in [-0.39, 0.29) is 0 Å². The molecule has 0 bridgehead atoms. The number of aromatic nitrogens is 3. The summed E-state index contributed by atoms with van der Waals surface area (Å²) in [6.07, 6.45) is -1.83. The van der Waals surface area contributed by atoms with Crippen molar-refractivity contribution in [1.82, 2.24) is 25.4 Å². The van der Waals surface area contributed by atoms with Crippen LogP contribution in [0.15, 0.2) is 35.6 Å². The minimum Gasteiger partial charge on any atom is -0.357 e. The fourth-order valence-electron chi connectivity index (χ4n) is 2.35. The Balaban J connectivity index is 1.91. The Labute approximate surface area is 150 Å². The standard InChI is InChI=1S/C17H23F3N6/c1-3-15-25-24-12-26(15)10-9-22-16(21-4-2)23-11-13-5-7-14(8-6-13)17(18,19)20/h5-8,12H,3-4,9-11H2,1-2H3,(H2,21,22,23). The minimum absolute atomic E-state index is 0.292. The number of benzene rings is 1. The Kier molecular flexibility index (Phi) is 6.99. The van der Waals surface area contributed by atoms with Crippen LogP contribution in [0.4, 0.5) is 13.2 Å². The van der Waals surface area contributed by atoms with Crippen molar-refractivity contribution in [3.05, 3.63) is 47.5 Å². The highest BCUT2D eigenvalue weighted by Crippen LogP contribution is 2.29. The van der Waals surface area contributed by atoms with Gasteiger partial charge in [0.2, 0.25) is 0 Å². The molecule has 0 saturated heterocycles. The number of aryl methyl sites for hydroxylation is 1. The summed E-state index contributed by atoms with van der Waals surface area (Å²) in [5, 5.41) is 14.2. The van der Waals surface area contributed by atoms with Crippen molar-refractivity contribution in [3.8, 4) is 0 Å². The maximum absolute atomic E-state index is 12.6. The van der Waals surface area contributed by atoms with Crippen LogP contribution in [0.2, 0.25) is 0 Å². The number of hydrogen-bond acceptors (Lipinski definition) is 3. The molecular weight excluding hydrogens is 345 g/mol. The van der Waals surface area contributed by atoms with Crippen LogP contribution in [0.25, 0.3) is 0 Å². The van der Waals surface area contributed by atoms with E-state index in [4.69, 9.17) is 0 Å². The number of alkyl halides is 3. The van der Waals surface area contributed by atoms with E-state index in [9.17, 15) is 13.2 Å². The molecule has 9 heteroatoms. The zero-order valence-corrected chi connectivity index (χ0v) is 14.8. The summed E-state index contributed by atoms with van der Waals surface area (Å²) in [7, 11) is 0. The number of nitrogens with zero attached hydrogens (tertiary/aromatic N) is 4. The lowest BCUT2D eigenvalue weighted by Gasteiger charge is -2.12. The van der Waals surface area contributed by atoms with E-state index in [1.54, 1.807) is 6.33 Å². The molecular formula is C17H23F3N6. The van der Waals surface area contributed by atoms with Gasteiger partial charge < -0.3 is 15.2 Å². The molecule has 0 radical (unpaired) electrons. The van der Waals surface area contributed by atoms with Crippen molar-refractivity contribution < 1.29 is 13.2 Å². The van der Waals surface area contributed by atoms with Gasteiger partial charge in [-0.2, -0.15) is 13.2 Å². The van der Waals surface area contributed by atoms with Crippen LogP contribution in [-0.2, 0) is 25.7 Å². The maximum Gasteiger partial charge on any atom is 0.416 e. The molecule has 142 valence electrons. The Bertz CT molecular complexity index is 706. The van der Waals surface area contributed by atoms with E-state index >= 15 is 0 Å². The third kappa shape index (κ3) is 5.75. The summed E-state index contributed by atoms with van der Waals surface area (Å²) < 4.78 is 39.7. The molecule has 0 atom stereocenters. The molecule has 1 aromatic carbocycles. The molecule has 0 saturated carbocycles. The lowest BCUT2D eigenvalue weighted by atomic mass is 10.1. The molecule has 1 heterocycles. The van der Waals surface area contributed by atoms with Gasteiger partial charge >= 0.3 is 6.18 Å². The molecule has 2 aromatic rings. The molecule has 0 aliphatic carbocycles. The predicted octanol–water partition coefficient (Wildman–Crippen LogP) is 2.61. The third-order valence-electron chi connectivity index (χ3n) is 3.70. The quantitative estimate of drug-likeness (QED) is 0.582. The van der Waals surface area contributed by atoms with Crippen LogP contribution in [0.1, 0.15) is 30.8 Å². The maximum atomic E-state index is 12.6. The predicted molar refractivity (Wildman–Crippen MR) is 93.7 cm³/mol. The van der Waals surface area contributed by atoms with Gasteiger partial charge in [-0.05, 0) is 24.6 Å². The molecule has 0 amide bonds. The first-order valence-electron chi connectivity index (χ1n) is 8.49. The molecule has 2 N–H and O–H groups in total. The van der Waals surface area contributed by atoms with Crippen LogP contribution in [0.5, 0.6) is 0 Å². The summed E-state index contributed by atoms with van der Waals surface area (Å²) in [6, 6.07) is 5.04. The van der Waals surface area contributed by atoms with Crippen molar-refractivity contribution in [1.29, 1.82) is 0 Å². The van der Waals surface area contributed by atoms with Gasteiger partial charge in [0.15, 0.2) is 5.96 Å². The molecule has 26 heavy (non-hydrogen) atoms. The highest BCUT2D eigenvalue weighted by molar-refractivity contribution is 5.79. The van der Waals surface area contributed by atoms with Crippen molar-refractivity contribution in [3.63, 3.8) is 0 Å². The van der Waals surface area contributed by atoms with E-state index in [1.807, 2.05) is 18.4 Å². The Morgan fingerprint density at radius 1 is 1.15 bits per heavy atom. The highest BCUT2D eigenvalue weighted by Gasteiger charge is 2.29. The van der Waals surface area contributed by atoms with Gasteiger partial charge in [-0.1, -0.05) is 19.1 Å². The number of rotatable bonds is 7. The van der Waals surface area contributed by atoms with Gasteiger partial charge in [0.05, 0.1) is 12.1 Å². The molecule has 6 nitrogen and oxygen atoms in total. The first-order chi connectivity index (χ1) is 12.4. The SMILES string of the molecule is CCNC(=NCc1ccc(C(F)(F)F)cc1)NCCn1cnnc1CC. The zero-order chi connectivity index (χ0) is 19.0. The first kappa shape index (κ1) is 19.7. The largest absolute Gasteiger partial charge is 0.416 e. The van der Waals surface area contributed by atoms with Crippen LogP contribution < -0.4 is 10.6 Å². The zero-order valence-electron chi connectivity index (χ0n) is 14.8. The van der Waals surface area contributed by atoms with Gasteiger partial charge in [0.1, 0.15) is 12.2 Å². The second-order valence-corrected chi connectivity index (χ2v) is 5.61. The van der Waals surface area contributed by atoms with Gasteiger partial charge in [-0.15, -0.1) is 10.2 Å². The lowest BCUT2D eigenvalue weighted by molar-refractivity contribution is -0.137. The van der Waals surface area contributed by atoms with Gasteiger partial charge in [0.25, 0.3) is 0 Å². The Hall–Kier alpha value is -2.58. The van der Waals surface area contributed by atoms with Gasteiger partial charge in [-0.25, -0.2) is 4.99 Å². The summed E-state index contributed by atoms with van der Waals surface area (Å²) >= 11 is 0. The number of aliphatic imine (C=N–C) groups is 1. The molecule has 0 aliphatic heterocycles. The summed E-state index contributed by atoms with van der Waals surface area (Å²) in [5.74, 6) is 1.53. The first-order valence-corrected chi connectivity index (χ1v) is 8.49. The molecule has 0 unspecified atom stereocenters. The van der Waals surface area contributed by atoms with E-state index in [0.717, 1.165) is 24.4 Å². The topological polar surface area (TPSA) is 67.1 Å². The summed E-state index contributed by atoms with van der Waals surface area (Å²) in [4.78, 5) is 4.41. The second-order valence-electron chi connectivity index (χ2n) is 5.61. The normalized spacial score (nSPS) is 12.3. The number of guanidine groups is 1. The highest BCUT2D eigenvalue weighted by atomic mass is 19.4. The van der Waals surface area contributed by atoms with Gasteiger partial charge in [-0.3, -0.25) is 0 Å². The summed E-state index contributed by atoms with van der Waals surface area (Å²) in [5.41, 5.74) is 0.0539. The van der Waals surface area contributed by atoms with Crippen molar-refractivity contribution in [2.24, 2.45) is 4.99 Å². The van der Waals surface area contributed by atoms with Crippen molar-refractivity contribution in [2.45, 2.75) is 39.5 Å². The monoisotopic (exact) mass is 368 g/mol. The van der Waals surface area contributed by atoms with Gasteiger partial charge in [0, 0.05) is 26.1 Å². The fraction of sp³-hybridized carbons (Fsp3) is 0.471. The molecule has 0 spiro atoms. The average Bonchev–Trinajstić information content (AvgIpc) is 3.07. The average molecular weight is 368 g/mol. The van der Waals surface area contributed by atoms with E-state index in [1.165, 1.54) is 12.1 Å². The minimum atomic E-state index is -4.32. The van der Waals surface area contributed by atoms with E-state index in [0.29, 0.717) is 37.7 Å². The molecule has 2 rings (SSSR count). The Morgan fingerprint density at radius 3 is 2.50 bits per heavy atom. The molecule has 0 aliphatic rings. The van der Waals surface area contributed by atoms with Crippen molar-refractivity contribution in [2.75, 3.05) is 13.1 Å². The van der Waals surface area contributed by atoms with E-state index < -0.39 is 11.7 Å². The third-order valence-corrected chi connectivity index (χ3v) is 3.70. The number of halogens is 3. The van der Waals surface area contributed by atoms with Crippen LogP contribution in [0, 0.1) is 0 Å².